The van der Waals surface area contributed by atoms with Gasteiger partial charge in [0.05, 0.1) is 6.54 Å². The van der Waals surface area contributed by atoms with E-state index in [-0.39, 0.29) is 24.8 Å². The molecule has 2 saturated heterocycles. The van der Waals surface area contributed by atoms with Crippen molar-refractivity contribution in [2.45, 2.75) is 44.4 Å². The minimum Gasteiger partial charge on any atom is -0.379 e. The molecule has 2 fully saturated rings. The van der Waals surface area contributed by atoms with Gasteiger partial charge in [0.15, 0.2) is 5.60 Å². The Morgan fingerprint density at radius 1 is 1.43 bits per heavy atom. The number of rotatable bonds is 3. The Hall–Kier alpha value is -0.820. The summed E-state index contributed by atoms with van der Waals surface area (Å²) in [5.41, 5.74) is -2.74. The quantitative estimate of drug-likeness (QED) is 0.831. The Morgan fingerprint density at radius 3 is 2.57 bits per heavy atom. The van der Waals surface area contributed by atoms with Gasteiger partial charge in [0.1, 0.15) is 0 Å². The van der Waals surface area contributed by atoms with E-state index in [0.29, 0.717) is 5.92 Å². The van der Waals surface area contributed by atoms with Crippen molar-refractivity contribution in [2.24, 2.45) is 11.8 Å². The Bertz CT molecular complexity index is 383. The third kappa shape index (κ3) is 3.69. The van der Waals surface area contributed by atoms with Crippen molar-refractivity contribution < 1.29 is 23.1 Å². The summed E-state index contributed by atoms with van der Waals surface area (Å²) in [6.45, 7) is 3.20. The lowest BCUT2D eigenvalue weighted by atomic mass is 9.84. The zero-order chi connectivity index (χ0) is 15.7. The number of piperidine rings is 1. The lowest BCUT2D eigenvalue weighted by Crippen LogP contribution is -2.48. The second kappa shape index (κ2) is 6.12. The molecule has 2 aliphatic rings. The molecule has 2 N–H and O–H groups in total. The number of likely N-dealkylation sites (tertiary alicyclic amines) is 1. The van der Waals surface area contributed by atoms with Gasteiger partial charge in [-0.05, 0) is 37.8 Å². The van der Waals surface area contributed by atoms with Crippen molar-refractivity contribution in [1.29, 1.82) is 0 Å². The van der Waals surface area contributed by atoms with Crippen LogP contribution in [0.15, 0.2) is 0 Å². The van der Waals surface area contributed by atoms with Gasteiger partial charge < -0.3 is 15.3 Å². The minimum atomic E-state index is -4.68. The number of alkyl halides is 3. The van der Waals surface area contributed by atoms with Gasteiger partial charge >= 0.3 is 6.18 Å². The van der Waals surface area contributed by atoms with Crippen LogP contribution in [-0.4, -0.2) is 53.9 Å². The normalized spacial score (nSPS) is 29.7. The maximum Gasteiger partial charge on any atom is 0.419 e. The lowest BCUT2D eigenvalue weighted by molar-refractivity contribution is -0.253. The van der Waals surface area contributed by atoms with Crippen LogP contribution in [-0.2, 0) is 4.79 Å². The van der Waals surface area contributed by atoms with E-state index in [1.54, 1.807) is 0 Å². The van der Waals surface area contributed by atoms with Crippen LogP contribution in [0.4, 0.5) is 13.2 Å². The molecule has 0 aliphatic carbocycles. The summed E-state index contributed by atoms with van der Waals surface area (Å²) in [4.78, 5) is 13.3. The maximum atomic E-state index is 12.7. The fourth-order valence-corrected chi connectivity index (χ4v) is 3.22. The highest BCUT2D eigenvalue weighted by Gasteiger charge is 2.57. The summed E-state index contributed by atoms with van der Waals surface area (Å²) in [5.74, 6) is 0.333. The monoisotopic (exact) mass is 308 g/mol. The fourth-order valence-electron chi connectivity index (χ4n) is 3.22. The van der Waals surface area contributed by atoms with Gasteiger partial charge in [0, 0.05) is 19.4 Å². The highest BCUT2D eigenvalue weighted by molar-refractivity contribution is 5.77. The second-order valence-corrected chi connectivity index (χ2v) is 6.36. The van der Waals surface area contributed by atoms with Gasteiger partial charge in [-0.2, -0.15) is 13.2 Å². The third-order valence-corrected chi connectivity index (χ3v) is 4.81. The molecule has 1 amide bonds. The summed E-state index contributed by atoms with van der Waals surface area (Å²) in [6.07, 6.45) is -2.84. The van der Waals surface area contributed by atoms with E-state index in [2.05, 4.69) is 5.32 Å². The number of halogens is 3. The summed E-state index contributed by atoms with van der Waals surface area (Å²) in [5, 5.41) is 12.9. The molecule has 21 heavy (non-hydrogen) atoms. The number of nitrogens with zero attached hydrogens (tertiary/aromatic N) is 1. The molecular weight excluding hydrogens is 285 g/mol. The number of carbonyl (C=O) groups excluding carboxylic acids is 1. The van der Waals surface area contributed by atoms with Gasteiger partial charge in [-0.15, -0.1) is 0 Å². The van der Waals surface area contributed by atoms with Gasteiger partial charge in [-0.3, -0.25) is 4.79 Å². The Kier molecular flexibility index (Phi) is 4.82. The van der Waals surface area contributed by atoms with Crippen LogP contribution >= 0.6 is 0 Å². The maximum absolute atomic E-state index is 12.7. The van der Waals surface area contributed by atoms with E-state index in [9.17, 15) is 23.1 Å². The summed E-state index contributed by atoms with van der Waals surface area (Å²) >= 11 is 0. The SMILES string of the molecule is CC(CC(=O)N1CCC(O)(C(F)(F)F)C1)C1CCNCC1. The van der Waals surface area contributed by atoms with Crippen molar-refractivity contribution in [3.05, 3.63) is 0 Å². The third-order valence-electron chi connectivity index (χ3n) is 4.81. The van der Waals surface area contributed by atoms with Crippen LogP contribution in [0.2, 0.25) is 0 Å². The molecule has 2 atom stereocenters. The van der Waals surface area contributed by atoms with Gasteiger partial charge in [0.2, 0.25) is 5.91 Å². The van der Waals surface area contributed by atoms with Crippen LogP contribution in [0.1, 0.15) is 32.6 Å². The summed E-state index contributed by atoms with van der Waals surface area (Å²) < 4.78 is 38.2. The van der Waals surface area contributed by atoms with E-state index in [4.69, 9.17) is 0 Å². The van der Waals surface area contributed by atoms with E-state index in [1.807, 2.05) is 6.92 Å². The molecular formula is C14H23F3N2O2. The van der Waals surface area contributed by atoms with Crippen molar-refractivity contribution in [3.8, 4) is 0 Å². The molecule has 4 nitrogen and oxygen atoms in total. The van der Waals surface area contributed by atoms with Crippen molar-refractivity contribution in [3.63, 3.8) is 0 Å². The van der Waals surface area contributed by atoms with Gasteiger partial charge in [-0.1, -0.05) is 6.92 Å². The molecule has 0 aromatic carbocycles. The first-order valence-electron chi connectivity index (χ1n) is 7.50. The molecule has 0 saturated carbocycles. The number of aliphatic hydroxyl groups is 1. The second-order valence-electron chi connectivity index (χ2n) is 6.36. The Labute approximate surface area is 122 Å². The fraction of sp³-hybridized carbons (Fsp3) is 0.929. The molecule has 0 radical (unpaired) electrons. The first-order chi connectivity index (χ1) is 9.73. The molecule has 122 valence electrons. The zero-order valence-corrected chi connectivity index (χ0v) is 12.2. The first kappa shape index (κ1) is 16.5. The van der Waals surface area contributed by atoms with Crippen LogP contribution in [0, 0.1) is 11.8 Å². The number of carbonyl (C=O) groups is 1. The molecule has 2 aliphatic heterocycles. The topological polar surface area (TPSA) is 52.6 Å². The molecule has 7 heteroatoms. The summed E-state index contributed by atoms with van der Waals surface area (Å²) in [7, 11) is 0. The molecule has 0 spiro atoms. The van der Waals surface area contributed by atoms with Gasteiger partial charge in [0.25, 0.3) is 0 Å². The van der Waals surface area contributed by atoms with Crippen LogP contribution in [0.3, 0.4) is 0 Å². The predicted octanol–water partition coefficient (Wildman–Crippen LogP) is 1.54. The Balaban J connectivity index is 1.87. The minimum absolute atomic E-state index is 0.0201. The number of nitrogens with one attached hydrogen (secondary N) is 1. The number of amides is 1. The van der Waals surface area contributed by atoms with E-state index in [0.717, 1.165) is 30.8 Å². The Morgan fingerprint density at radius 2 is 2.05 bits per heavy atom. The molecule has 2 heterocycles. The van der Waals surface area contributed by atoms with Crippen LogP contribution in [0.25, 0.3) is 0 Å². The van der Waals surface area contributed by atoms with Gasteiger partial charge in [-0.25, -0.2) is 0 Å². The molecule has 0 aromatic heterocycles. The average molecular weight is 308 g/mol. The molecule has 0 bridgehead atoms. The first-order valence-corrected chi connectivity index (χ1v) is 7.50. The van der Waals surface area contributed by atoms with Crippen molar-refractivity contribution in [1.82, 2.24) is 10.2 Å². The van der Waals surface area contributed by atoms with Crippen LogP contribution in [0.5, 0.6) is 0 Å². The largest absolute Gasteiger partial charge is 0.419 e. The lowest BCUT2D eigenvalue weighted by Gasteiger charge is -2.30. The van der Waals surface area contributed by atoms with E-state index in [1.165, 1.54) is 0 Å². The number of β-amino-alcohol motifs (C(OH)–C–C–N with tert-alkyl or cyclic N) is 1. The van der Waals surface area contributed by atoms with E-state index < -0.39 is 24.7 Å². The molecule has 2 unspecified atom stereocenters. The zero-order valence-electron chi connectivity index (χ0n) is 12.2. The highest BCUT2D eigenvalue weighted by atomic mass is 19.4. The van der Waals surface area contributed by atoms with Crippen molar-refractivity contribution in [2.75, 3.05) is 26.2 Å². The standard InChI is InChI=1S/C14H23F3N2O2/c1-10(11-2-5-18-6-3-11)8-12(20)19-7-4-13(21,9-19)14(15,16)17/h10-11,18,21H,2-9H2,1H3. The van der Waals surface area contributed by atoms with Crippen molar-refractivity contribution >= 4 is 5.91 Å². The summed E-state index contributed by atoms with van der Waals surface area (Å²) in [6, 6.07) is 0. The molecule has 2 rings (SSSR count). The number of hydrogen-bond donors (Lipinski definition) is 2. The molecule has 0 aromatic rings. The van der Waals surface area contributed by atoms with Crippen LogP contribution < -0.4 is 5.32 Å². The number of hydrogen-bond acceptors (Lipinski definition) is 3. The van der Waals surface area contributed by atoms with E-state index >= 15 is 0 Å². The highest BCUT2D eigenvalue weighted by Crippen LogP contribution is 2.38. The predicted molar refractivity (Wildman–Crippen MR) is 71.6 cm³/mol. The average Bonchev–Trinajstić information content (AvgIpc) is 2.83. The smallest absolute Gasteiger partial charge is 0.379 e.